The predicted molar refractivity (Wildman–Crippen MR) is 160 cm³/mol. The fourth-order valence-corrected chi connectivity index (χ4v) is 7.75. The summed E-state index contributed by atoms with van der Waals surface area (Å²) in [4.78, 5) is 0. The zero-order valence-electron chi connectivity index (χ0n) is 25.8. The summed E-state index contributed by atoms with van der Waals surface area (Å²) in [5.74, 6) is -4.15. The molecular weight excluding hydrogens is 556 g/mol. The number of hydrogen-bond acceptors (Lipinski definition) is 3. The van der Waals surface area contributed by atoms with Crippen LogP contribution in [-0.2, 0) is 15.9 Å². The predicted octanol–water partition coefficient (Wildman–Crippen LogP) is 9.73. The minimum atomic E-state index is -1.55. The molecule has 0 unspecified atom stereocenters. The van der Waals surface area contributed by atoms with Gasteiger partial charge in [0.25, 0.3) is 5.97 Å². The number of aliphatic hydroxyl groups is 1. The first kappa shape index (κ1) is 32.4. The monoisotopic (exact) mass is 604 g/mol. The van der Waals surface area contributed by atoms with Crippen LogP contribution in [0.25, 0.3) is 11.1 Å². The summed E-state index contributed by atoms with van der Waals surface area (Å²) >= 11 is 0. The summed E-state index contributed by atoms with van der Waals surface area (Å²) < 4.78 is 67.4. The van der Waals surface area contributed by atoms with Crippen molar-refractivity contribution in [3.05, 3.63) is 59.2 Å². The van der Waals surface area contributed by atoms with Crippen molar-refractivity contribution in [2.75, 3.05) is 13.2 Å². The largest absolute Gasteiger partial charge is 0.343 e. The Morgan fingerprint density at radius 3 is 1.98 bits per heavy atom. The summed E-state index contributed by atoms with van der Waals surface area (Å²) in [6, 6.07) is 6.40. The van der Waals surface area contributed by atoms with Gasteiger partial charge in [-0.2, -0.15) is 0 Å². The van der Waals surface area contributed by atoms with Crippen molar-refractivity contribution in [2.45, 2.75) is 110 Å². The Morgan fingerprint density at radius 1 is 0.791 bits per heavy atom. The molecule has 238 valence electrons. The van der Waals surface area contributed by atoms with Crippen LogP contribution in [0.1, 0.15) is 103 Å². The Kier molecular flexibility index (Phi) is 10.6. The van der Waals surface area contributed by atoms with Crippen LogP contribution in [0.2, 0.25) is 0 Å². The average molecular weight is 605 g/mol. The Hall–Kier alpha value is -1.96. The van der Waals surface area contributed by atoms with Gasteiger partial charge in [-0.05, 0) is 105 Å². The maximum Gasteiger partial charge on any atom is 0.283 e. The first-order valence-electron chi connectivity index (χ1n) is 16.5. The van der Waals surface area contributed by atoms with Gasteiger partial charge in [-0.15, -0.1) is 0 Å². The summed E-state index contributed by atoms with van der Waals surface area (Å²) in [5.41, 5.74) is 0.893. The lowest BCUT2D eigenvalue weighted by Gasteiger charge is -2.47. The van der Waals surface area contributed by atoms with Gasteiger partial charge in [0, 0.05) is 16.9 Å². The number of ether oxygens (including phenoxy) is 2. The fraction of sp³-hybridized carbons (Fsp3) is 0.667. The van der Waals surface area contributed by atoms with E-state index in [9.17, 15) is 22.7 Å². The van der Waals surface area contributed by atoms with Crippen LogP contribution >= 0.6 is 0 Å². The molecule has 1 N–H and O–H groups in total. The summed E-state index contributed by atoms with van der Waals surface area (Å²) in [6.07, 6.45) is 15.2. The molecular formula is C36H48F4O3. The zero-order chi connectivity index (χ0) is 30.6. The van der Waals surface area contributed by atoms with Gasteiger partial charge in [-0.25, -0.2) is 17.6 Å². The zero-order valence-corrected chi connectivity index (χ0v) is 25.8. The second kappa shape index (κ2) is 14.0. The van der Waals surface area contributed by atoms with Gasteiger partial charge in [0.05, 0.1) is 13.2 Å². The molecule has 3 nitrogen and oxygen atoms in total. The van der Waals surface area contributed by atoms with Gasteiger partial charge in [-0.1, -0.05) is 58.1 Å². The highest BCUT2D eigenvalue weighted by Gasteiger charge is 2.48. The van der Waals surface area contributed by atoms with Crippen molar-refractivity contribution in [1.29, 1.82) is 0 Å². The van der Waals surface area contributed by atoms with Gasteiger partial charge in [-0.3, -0.25) is 0 Å². The Labute approximate surface area is 254 Å². The van der Waals surface area contributed by atoms with Crippen molar-refractivity contribution in [1.82, 2.24) is 0 Å². The lowest BCUT2D eigenvalue weighted by atomic mass is 9.68. The SMILES string of the molecule is CCCCCC1(C)COC(O)(C2CCC(C3CCC(CCc4ccc(-c5cc(F)c(F)c(F)c5)c(F)c4)CC3)CC2)OC1. The lowest BCUT2D eigenvalue weighted by molar-refractivity contribution is -0.427. The molecule has 0 amide bonds. The first-order valence-corrected chi connectivity index (χ1v) is 16.5. The van der Waals surface area contributed by atoms with Gasteiger partial charge < -0.3 is 14.6 Å². The van der Waals surface area contributed by atoms with Crippen LogP contribution in [-0.4, -0.2) is 24.3 Å². The van der Waals surface area contributed by atoms with E-state index in [1.165, 1.54) is 57.1 Å². The third-order valence-corrected chi connectivity index (χ3v) is 10.7. The van der Waals surface area contributed by atoms with Crippen LogP contribution in [0.15, 0.2) is 30.3 Å². The number of benzene rings is 2. The molecule has 0 radical (unpaired) electrons. The van der Waals surface area contributed by atoms with E-state index in [2.05, 4.69) is 13.8 Å². The molecule has 3 aliphatic rings. The van der Waals surface area contributed by atoms with Crippen molar-refractivity contribution < 1.29 is 32.1 Å². The quantitative estimate of drug-likeness (QED) is 0.167. The second-order valence-corrected chi connectivity index (χ2v) is 14.0. The van der Waals surface area contributed by atoms with E-state index in [-0.39, 0.29) is 22.5 Å². The van der Waals surface area contributed by atoms with Gasteiger partial charge in [0.2, 0.25) is 0 Å². The molecule has 2 aromatic carbocycles. The molecule has 0 atom stereocenters. The molecule has 43 heavy (non-hydrogen) atoms. The number of unbranched alkanes of at least 4 members (excludes halogenated alkanes) is 2. The topological polar surface area (TPSA) is 38.7 Å². The highest BCUT2D eigenvalue weighted by Crippen LogP contribution is 2.46. The van der Waals surface area contributed by atoms with E-state index in [4.69, 9.17) is 9.47 Å². The van der Waals surface area contributed by atoms with Crippen molar-refractivity contribution in [3.8, 4) is 11.1 Å². The van der Waals surface area contributed by atoms with Crippen LogP contribution in [0, 0.1) is 52.4 Å². The Balaban J connectivity index is 1.04. The van der Waals surface area contributed by atoms with E-state index in [0.717, 1.165) is 68.6 Å². The molecule has 2 saturated carbocycles. The van der Waals surface area contributed by atoms with E-state index in [0.29, 0.717) is 25.0 Å². The number of halogens is 4. The molecule has 1 saturated heterocycles. The second-order valence-electron chi connectivity index (χ2n) is 14.0. The van der Waals surface area contributed by atoms with Crippen LogP contribution in [0.4, 0.5) is 17.6 Å². The molecule has 0 aromatic heterocycles. The molecule has 1 heterocycles. The molecule has 7 heteroatoms. The van der Waals surface area contributed by atoms with Gasteiger partial charge in [0.15, 0.2) is 17.5 Å². The standard InChI is InChI=1S/C36H48F4O3/c1-3-4-5-18-35(2)22-42-36(41,43-23-35)29-15-13-27(14-16-29)26-11-8-24(9-12-26)6-7-25-10-17-30(31(37)19-25)28-20-32(38)34(40)33(39)21-28/h10,17,19-21,24,26-27,29,41H,3-9,11-16,18,22-23H2,1-2H3. The molecule has 5 rings (SSSR count). The average Bonchev–Trinajstić information content (AvgIpc) is 3.01. The van der Waals surface area contributed by atoms with Crippen LogP contribution in [0.3, 0.4) is 0 Å². The summed E-state index contributed by atoms with van der Waals surface area (Å²) in [6.45, 7) is 5.52. The van der Waals surface area contributed by atoms with Crippen molar-refractivity contribution >= 4 is 0 Å². The van der Waals surface area contributed by atoms with Gasteiger partial charge >= 0.3 is 0 Å². The lowest BCUT2D eigenvalue weighted by Crippen LogP contribution is -2.53. The molecule has 2 aliphatic carbocycles. The van der Waals surface area contributed by atoms with Gasteiger partial charge in [0.1, 0.15) is 5.82 Å². The van der Waals surface area contributed by atoms with Crippen LogP contribution < -0.4 is 0 Å². The maximum atomic E-state index is 14.8. The van der Waals surface area contributed by atoms with E-state index >= 15 is 0 Å². The Morgan fingerprint density at radius 2 is 1.40 bits per heavy atom. The number of aryl methyl sites for hydroxylation is 1. The maximum absolute atomic E-state index is 14.8. The molecule has 0 spiro atoms. The third kappa shape index (κ3) is 7.83. The number of rotatable bonds is 10. The Bertz CT molecular complexity index is 1190. The molecule has 1 aliphatic heterocycles. The van der Waals surface area contributed by atoms with Crippen LogP contribution in [0.5, 0.6) is 0 Å². The van der Waals surface area contributed by atoms with Crippen molar-refractivity contribution in [2.24, 2.45) is 29.1 Å². The minimum absolute atomic E-state index is 0.0125. The molecule has 2 aromatic rings. The smallest absolute Gasteiger partial charge is 0.283 e. The highest BCUT2D eigenvalue weighted by atomic mass is 19.2. The minimum Gasteiger partial charge on any atom is -0.343 e. The third-order valence-electron chi connectivity index (χ3n) is 10.7. The summed E-state index contributed by atoms with van der Waals surface area (Å²) in [5, 5.41) is 11.2. The highest BCUT2D eigenvalue weighted by molar-refractivity contribution is 5.64. The normalized spacial score (nSPS) is 31.7. The van der Waals surface area contributed by atoms with Crippen molar-refractivity contribution in [3.63, 3.8) is 0 Å². The number of hydrogen-bond donors (Lipinski definition) is 1. The van der Waals surface area contributed by atoms with E-state index in [1.54, 1.807) is 6.07 Å². The van der Waals surface area contributed by atoms with E-state index < -0.39 is 29.2 Å². The summed E-state index contributed by atoms with van der Waals surface area (Å²) in [7, 11) is 0. The molecule has 3 fully saturated rings. The van der Waals surface area contributed by atoms with E-state index in [1.807, 2.05) is 0 Å². The first-order chi connectivity index (χ1) is 20.6. The fourth-order valence-electron chi connectivity index (χ4n) is 7.75. The molecule has 0 bridgehead atoms.